The lowest BCUT2D eigenvalue weighted by molar-refractivity contribution is 0.892. The lowest BCUT2D eigenvalue weighted by Gasteiger charge is -2.19. The number of aromatic nitrogens is 2. The molecular formula is C12H13BrN4. The zero-order chi connectivity index (χ0) is 12.3. The maximum Gasteiger partial charge on any atom is 0.143 e. The summed E-state index contributed by atoms with van der Waals surface area (Å²) in [4.78, 5) is 10.4. The Labute approximate surface area is 109 Å². The summed E-state index contributed by atoms with van der Waals surface area (Å²) in [6, 6.07) is 5.83. The van der Waals surface area contributed by atoms with Gasteiger partial charge in [0, 0.05) is 26.0 Å². The quantitative estimate of drug-likeness (QED) is 0.944. The van der Waals surface area contributed by atoms with Gasteiger partial charge in [-0.2, -0.15) is 0 Å². The number of nitrogen functional groups attached to an aromatic ring is 1. The highest BCUT2D eigenvalue weighted by Crippen LogP contribution is 2.25. The van der Waals surface area contributed by atoms with E-state index < -0.39 is 0 Å². The molecule has 0 spiro atoms. The van der Waals surface area contributed by atoms with Crippen LogP contribution in [0.1, 0.15) is 5.56 Å². The first kappa shape index (κ1) is 11.9. The summed E-state index contributed by atoms with van der Waals surface area (Å²) in [6.45, 7) is 0.776. The van der Waals surface area contributed by atoms with E-state index in [1.807, 2.05) is 25.2 Å². The van der Waals surface area contributed by atoms with Crippen molar-refractivity contribution < 1.29 is 0 Å². The maximum absolute atomic E-state index is 5.66. The number of hydrogen-bond acceptors (Lipinski definition) is 4. The molecule has 0 atom stereocenters. The van der Waals surface area contributed by atoms with Crippen LogP contribution in [0.4, 0.5) is 11.5 Å². The molecule has 17 heavy (non-hydrogen) atoms. The highest BCUT2D eigenvalue weighted by Gasteiger charge is 2.08. The van der Waals surface area contributed by atoms with Gasteiger partial charge in [0.15, 0.2) is 0 Å². The van der Waals surface area contributed by atoms with Crippen LogP contribution < -0.4 is 10.6 Å². The van der Waals surface area contributed by atoms with Crippen LogP contribution in [0.2, 0.25) is 0 Å². The van der Waals surface area contributed by atoms with Crippen molar-refractivity contribution in [3.63, 3.8) is 0 Å². The molecule has 2 rings (SSSR count). The lowest BCUT2D eigenvalue weighted by Crippen LogP contribution is -2.18. The van der Waals surface area contributed by atoms with Crippen LogP contribution in [0.5, 0.6) is 0 Å². The number of nitrogens with zero attached hydrogens (tertiary/aromatic N) is 3. The van der Waals surface area contributed by atoms with Crippen LogP contribution in [-0.2, 0) is 6.54 Å². The molecule has 2 aromatic rings. The van der Waals surface area contributed by atoms with Crippen LogP contribution in [0, 0.1) is 0 Å². The largest absolute Gasteiger partial charge is 0.397 e. The van der Waals surface area contributed by atoms with Crippen LogP contribution >= 0.6 is 15.9 Å². The van der Waals surface area contributed by atoms with Gasteiger partial charge >= 0.3 is 0 Å². The fourth-order valence-corrected chi connectivity index (χ4v) is 2.23. The zero-order valence-electron chi connectivity index (χ0n) is 9.47. The van der Waals surface area contributed by atoms with E-state index in [-0.39, 0.29) is 0 Å². The van der Waals surface area contributed by atoms with Gasteiger partial charge in [0.1, 0.15) is 5.82 Å². The van der Waals surface area contributed by atoms with E-state index in [1.165, 1.54) is 5.56 Å². The van der Waals surface area contributed by atoms with Crippen LogP contribution in [0.25, 0.3) is 0 Å². The summed E-state index contributed by atoms with van der Waals surface area (Å²) in [5.41, 5.74) is 7.50. The van der Waals surface area contributed by atoms with Gasteiger partial charge in [-0.15, -0.1) is 0 Å². The molecule has 0 aliphatic heterocycles. The van der Waals surface area contributed by atoms with E-state index in [4.69, 9.17) is 5.73 Å². The standard InChI is InChI=1S/C12H13BrN4/c1-17(8-9-2-4-15-5-3-9)12-11(13)6-10(14)7-16-12/h2-7H,8,14H2,1H3. The molecule has 88 valence electrons. The van der Waals surface area contributed by atoms with Crippen LogP contribution in [0.3, 0.4) is 0 Å². The van der Waals surface area contributed by atoms with Crippen molar-refractivity contribution in [2.75, 3.05) is 17.7 Å². The summed E-state index contributed by atoms with van der Waals surface area (Å²) in [6.07, 6.45) is 5.23. The minimum absolute atomic E-state index is 0.651. The Balaban J connectivity index is 2.17. The molecule has 0 saturated carbocycles. The summed E-state index contributed by atoms with van der Waals surface area (Å²) >= 11 is 3.46. The Morgan fingerprint density at radius 2 is 2.06 bits per heavy atom. The summed E-state index contributed by atoms with van der Waals surface area (Å²) in [5, 5.41) is 0. The van der Waals surface area contributed by atoms with Crippen molar-refractivity contribution in [1.29, 1.82) is 0 Å². The molecule has 5 heteroatoms. The Morgan fingerprint density at radius 1 is 1.35 bits per heavy atom. The number of hydrogen-bond donors (Lipinski definition) is 1. The first-order valence-corrected chi connectivity index (χ1v) is 5.97. The number of rotatable bonds is 3. The van der Waals surface area contributed by atoms with E-state index in [2.05, 4.69) is 30.8 Å². The van der Waals surface area contributed by atoms with E-state index in [1.54, 1.807) is 18.6 Å². The highest BCUT2D eigenvalue weighted by molar-refractivity contribution is 9.10. The summed E-state index contributed by atoms with van der Waals surface area (Å²) in [5.74, 6) is 0.871. The molecule has 0 fully saturated rings. The third kappa shape index (κ3) is 2.94. The number of pyridine rings is 2. The molecule has 2 heterocycles. The first-order chi connectivity index (χ1) is 8.16. The number of anilines is 2. The molecule has 2 N–H and O–H groups in total. The van der Waals surface area contributed by atoms with Gasteiger partial charge in [-0.05, 0) is 39.7 Å². The van der Waals surface area contributed by atoms with E-state index in [0.29, 0.717) is 5.69 Å². The van der Waals surface area contributed by atoms with Crippen molar-refractivity contribution in [3.8, 4) is 0 Å². The summed E-state index contributed by atoms with van der Waals surface area (Å²) < 4.78 is 0.897. The second kappa shape index (κ2) is 5.14. The van der Waals surface area contributed by atoms with Crippen molar-refractivity contribution in [2.45, 2.75) is 6.54 Å². The van der Waals surface area contributed by atoms with E-state index >= 15 is 0 Å². The Hall–Kier alpha value is -1.62. The Kier molecular flexibility index (Phi) is 3.58. The average molecular weight is 293 g/mol. The molecule has 0 aromatic carbocycles. The minimum atomic E-state index is 0.651. The smallest absolute Gasteiger partial charge is 0.143 e. The zero-order valence-corrected chi connectivity index (χ0v) is 11.1. The number of nitrogens with two attached hydrogens (primary N) is 1. The second-order valence-corrected chi connectivity index (χ2v) is 4.64. The first-order valence-electron chi connectivity index (χ1n) is 5.18. The van der Waals surface area contributed by atoms with Gasteiger partial charge < -0.3 is 10.6 Å². The second-order valence-electron chi connectivity index (χ2n) is 3.79. The van der Waals surface area contributed by atoms with Crippen LogP contribution in [-0.4, -0.2) is 17.0 Å². The molecule has 0 aliphatic carbocycles. The van der Waals surface area contributed by atoms with Gasteiger partial charge in [-0.25, -0.2) is 4.98 Å². The predicted molar refractivity (Wildman–Crippen MR) is 72.7 cm³/mol. The van der Waals surface area contributed by atoms with E-state index in [9.17, 15) is 0 Å². The molecule has 0 aliphatic rings. The third-order valence-corrected chi connectivity index (χ3v) is 2.96. The van der Waals surface area contributed by atoms with Gasteiger partial charge in [0.05, 0.1) is 16.4 Å². The SMILES string of the molecule is CN(Cc1ccncc1)c1ncc(N)cc1Br. The molecule has 2 aromatic heterocycles. The molecule has 0 bridgehead atoms. The van der Waals surface area contributed by atoms with Crippen molar-refractivity contribution in [1.82, 2.24) is 9.97 Å². The molecular weight excluding hydrogens is 280 g/mol. The normalized spacial score (nSPS) is 10.2. The van der Waals surface area contributed by atoms with Crippen molar-refractivity contribution in [2.24, 2.45) is 0 Å². The van der Waals surface area contributed by atoms with Crippen molar-refractivity contribution in [3.05, 3.63) is 46.8 Å². The Bertz CT molecular complexity index is 501. The molecule has 0 radical (unpaired) electrons. The summed E-state index contributed by atoms with van der Waals surface area (Å²) in [7, 11) is 1.99. The van der Waals surface area contributed by atoms with Gasteiger partial charge in [0.2, 0.25) is 0 Å². The monoisotopic (exact) mass is 292 g/mol. The predicted octanol–water partition coefficient (Wildman–Crippen LogP) is 2.46. The molecule has 0 amide bonds. The molecule has 4 nitrogen and oxygen atoms in total. The van der Waals surface area contributed by atoms with Crippen molar-refractivity contribution >= 4 is 27.4 Å². The van der Waals surface area contributed by atoms with Gasteiger partial charge in [-0.3, -0.25) is 4.98 Å². The Morgan fingerprint density at radius 3 is 2.71 bits per heavy atom. The van der Waals surface area contributed by atoms with Crippen LogP contribution in [0.15, 0.2) is 41.3 Å². The third-order valence-electron chi connectivity index (χ3n) is 2.37. The topological polar surface area (TPSA) is 55.0 Å². The lowest BCUT2D eigenvalue weighted by atomic mass is 10.2. The van der Waals surface area contributed by atoms with Gasteiger partial charge in [-0.1, -0.05) is 0 Å². The molecule has 0 unspecified atom stereocenters. The maximum atomic E-state index is 5.66. The average Bonchev–Trinajstić information content (AvgIpc) is 2.30. The highest BCUT2D eigenvalue weighted by atomic mass is 79.9. The fourth-order valence-electron chi connectivity index (χ4n) is 1.56. The van der Waals surface area contributed by atoms with Gasteiger partial charge in [0.25, 0.3) is 0 Å². The fraction of sp³-hybridized carbons (Fsp3) is 0.167. The minimum Gasteiger partial charge on any atom is -0.397 e. The number of halogens is 1. The molecule has 0 saturated heterocycles. The van der Waals surface area contributed by atoms with E-state index in [0.717, 1.165) is 16.8 Å².